The first-order chi connectivity index (χ1) is 18.3. The van der Waals surface area contributed by atoms with Crippen molar-refractivity contribution in [3.63, 3.8) is 0 Å². The number of hydrogen-bond acceptors (Lipinski definition) is 6. The van der Waals surface area contributed by atoms with E-state index >= 15 is 0 Å². The molecule has 2 bridgehead atoms. The minimum absolute atomic E-state index is 0.115. The molecule has 2 aromatic carbocycles. The van der Waals surface area contributed by atoms with E-state index in [1.807, 2.05) is 61.5 Å². The minimum atomic E-state index is -0.793. The molecule has 38 heavy (non-hydrogen) atoms. The van der Waals surface area contributed by atoms with Crippen LogP contribution in [0.3, 0.4) is 0 Å². The second-order valence-electron chi connectivity index (χ2n) is 11.6. The van der Waals surface area contributed by atoms with Crippen molar-refractivity contribution in [1.29, 1.82) is 0 Å². The van der Waals surface area contributed by atoms with Crippen LogP contribution in [0.4, 0.5) is 0 Å². The fourth-order valence-corrected chi connectivity index (χ4v) is 7.22. The average Bonchev–Trinajstić information content (AvgIpc) is 3.30. The van der Waals surface area contributed by atoms with Crippen molar-refractivity contribution in [1.82, 2.24) is 10.2 Å². The van der Waals surface area contributed by atoms with Gasteiger partial charge in [0.05, 0.1) is 11.4 Å². The summed E-state index contributed by atoms with van der Waals surface area (Å²) in [4.78, 5) is 12.2. The number of ether oxygens (including phenoxy) is 3. The van der Waals surface area contributed by atoms with E-state index in [0.29, 0.717) is 16.9 Å². The summed E-state index contributed by atoms with van der Waals surface area (Å²) in [5, 5.41) is 8.33. The molecule has 7 nitrogen and oxygen atoms in total. The molecule has 1 aliphatic carbocycles. The van der Waals surface area contributed by atoms with Crippen molar-refractivity contribution in [3.8, 4) is 28.3 Å². The molecule has 4 saturated heterocycles. The standard InChI is InChI=1S/C30H33ClN2O5/c1-17-4-13-24-18(2)27(35-28-30(24)23(17)14-15-29(3,36-28)37-38-30)34-22-11-7-20(8-12-22)26-16-25(32-33-26)19-5-9-21(31)10-6-19/h5-12,16-18,23-24,27-28H,4,13-15H2,1-3H3,(H,32,33)/t17-,18-,23+,24+,27+,28-,29-,30-/m1/s1. The summed E-state index contributed by atoms with van der Waals surface area (Å²) >= 11 is 6.02. The molecule has 3 aromatic rings. The topological polar surface area (TPSA) is 74.8 Å². The summed E-state index contributed by atoms with van der Waals surface area (Å²) in [6, 6.07) is 17.7. The lowest BCUT2D eigenvalue weighted by molar-refractivity contribution is -0.575. The Morgan fingerprint density at radius 1 is 0.947 bits per heavy atom. The molecular formula is C30H33ClN2O5. The number of benzene rings is 2. The first kappa shape index (κ1) is 24.6. The predicted molar refractivity (Wildman–Crippen MR) is 142 cm³/mol. The van der Waals surface area contributed by atoms with Gasteiger partial charge in [-0.05, 0) is 86.1 Å². The Labute approximate surface area is 227 Å². The van der Waals surface area contributed by atoms with Crippen LogP contribution in [0.2, 0.25) is 5.02 Å². The molecule has 5 fully saturated rings. The zero-order valence-electron chi connectivity index (χ0n) is 21.9. The summed E-state index contributed by atoms with van der Waals surface area (Å²) in [6.07, 6.45) is 3.06. The summed E-state index contributed by atoms with van der Waals surface area (Å²) in [7, 11) is 0. The van der Waals surface area contributed by atoms with Gasteiger partial charge in [0.1, 0.15) is 5.75 Å². The highest BCUT2D eigenvalue weighted by Crippen LogP contribution is 2.60. The highest BCUT2D eigenvalue weighted by molar-refractivity contribution is 6.30. The summed E-state index contributed by atoms with van der Waals surface area (Å²) in [5.41, 5.74) is 3.25. The van der Waals surface area contributed by atoms with Crippen LogP contribution in [-0.4, -0.2) is 34.2 Å². The fraction of sp³-hybridized carbons (Fsp3) is 0.500. The van der Waals surface area contributed by atoms with Gasteiger partial charge in [-0.1, -0.05) is 37.6 Å². The van der Waals surface area contributed by atoms with Crippen LogP contribution < -0.4 is 4.74 Å². The van der Waals surface area contributed by atoms with Gasteiger partial charge >= 0.3 is 0 Å². The van der Waals surface area contributed by atoms with Crippen LogP contribution in [-0.2, 0) is 19.2 Å². The number of hydrogen-bond donors (Lipinski definition) is 1. The van der Waals surface area contributed by atoms with Crippen LogP contribution in [0.25, 0.3) is 22.5 Å². The Bertz CT molecular complexity index is 1310. The molecule has 4 aliphatic heterocycles. The van der Waals surface area contributed by atoms with Gasteiger partial charge in [-0.2, -0.15) is 5.10 Å². The number of fused-ring (bicyclic) bond motifs is 2. The Hall–Kier alpha value is -2.42. The van der Waals surface area contributed by atoms with Crippen LogP contribution in [0.5, 0.6) is 5.75 Å². The monoisotopic (exact) mass is 536 g/mol. The third kappa shape index (κ3) is 3.90. The fourth-order valence-electron chi connectivity index (χ4n) is 7.09. The van der Waals surface area contributed by atoms with Crippen molar-refractivity contribution in [2.75, 3.05) is 0 Å². The lowest BCUT2D eigenvalue weighted by Gasteiger charge is -2.60. The number of H-pyrrole nitrogens is 1. The van der Waals surface area contributed by atoms with E-state index < -0.39 is 24.0 Å². The van der Waals surface area contributed by atoms with E-state index in [0.717, 1.165) is 53.9 Å². The van der Waals surface area contributed by atoms with Gasteiger partial charge < -0.3 is 14.2 Å². The normalized spacial score (nSPS) is 37.9. The third-order valence-electron chi connectivity index (χ3n) is 9.23. The van der Waals surface area contributed by atoms with Gasteiger partial charge in [-0.3, -0.25) is 5.10 Å². The first-order valence-corrected chi connectivity index (χ1v) is 14.0. The number of aromatic amines is 1. The molecule has 200 valence electrons. The van der Waals surface area contributed by atoms with Crippen LogP contribution >= 0.6 is 11.6 Å². The molecule has 1 spiro atoms. The molecule has 1 aromatic heterocycles. The van der Waals surface area contributed by atoms with Crippen molar-refractivity contribution in [3.05, 3.63) is 59.6 Å². The minimum Gasteiger partial charge on any atom is -0.465 e. The highest BCUT2D eigenvalue weighted by Gasteiger charge is 2.69. The molecule has 1 N–H and O–H groups in total. The van der Waals surface area contributed by atoms with Crippen molar-refractivity contribution < 1.29 is 24.0 Å². The summed E-state index contributed by atoms with van der Waals surface area (Å²) in [6.45, 7) is 6.47. The average molecular weight is 537 g/mol. The lowest BCUT2D eigenvalue weighted by Crippen LogP contribution is -2.70. The predicted octanol–water partition coefficient (Wildman–Crippen LogP) is 6.98. The third-order valence-corrected chi connectivity index (χ3v) is 9.48. The lowest BCUT2D eigenvalue weighted by atomic mass is 9.58. The van der Waals surface area contributed by atoms with Gasteiger partial charge in [0.2, 0.25) is 12.1 Å². The van der Waals surface area contributed by atoms with E-state index in [4.69, 9.17) is 35.6 Å². The number of halogens is 1. The smallest absolute Gasteiger partial charge is 0.205 e. The van der Waals surface area contributed by atoms with E-state index in [9.17, 15) is 0 Å². The molecule has 0 unspecified atom stereocenters. The van der Waals surface area contributed by atoms with Gasteiger partial charge in [0.25, 0.3) is 0 Å². The maximum atomic E-state index is 6.56. The Morgan fingerprint density at radius 2 is 1.71 bits per heavy atom. The quantitative estimate of drug-likeness (QED) is 0.362. The first-order valence-electron chi connectivity index (χ1n) is 13.6. The highest BCUT2D eigenvalue weighted by atomic mass is 35.5. The second-order valence-corrected chi connectivity index (χ2v) is 12.0. The van der Waals surface area contributed by atoms with Crippen molar-refractivity contribution in [2.24, 2.45) is 23.7 Å². The van der Waals surface area contributed by atoms with Crippen LogP contribution in [0.1, 0.15) is 46.5 Å². The molecule has 8 atom stereocenters. The van der Waals surface area contributed by atoms with Crippen molar-refractivity contribution in [2.45, 2.75) is 70.4 Å². The summed E-state index contributed by atoms with van der Waals surface area (Å²) < 4.78 is 19.5. The zero-order valence-corrected chi connectivity index (χ0v) is 22.6. The maximum absolute atomic E-state index is 6.56. The molecule has 1 saturated carbocycles. The van der Waals surface area contributed by atoms with Crippen molar-refractivity contribution >= 4 is 11.6 Å². The van der Waals surface area contributed by atoms with E-state index in [-0.39, 0.29) is 11.8 Å². The van der Waals surface area contributed by atoms with E-state index in [2.05, 4.69) is 24.0 Å². The van der Waals surface area contributed by atoms with Gasteiger partial charge in [-0.15, -0.1) is 0 Å². The molecule has 8 heteroatoms. The Balaban J connectivity index is 1.10. The second kappa shape index (κ2) is 9.07. The van der Waals surface area contributed by atoms with Crippen LogP contribution in [0.15, 0.2) is 54.6 Å². The van der Waals surface area contributed by atoms with E-state index in [1.54, 1.807) is 0 Å². The molecule has 0 radical (unpaired) electrons. The Morgan fingerprint density at radius 3 is 2.50 bits per heavy atom. The SMILES string of the molecule is C[C@H]1[C@@H](Oc2ccc(-c3cc(-c4ccc(Cl)cc4)[nH]n3)cc2)O[C@@H]2O[C@@]3(C)CC[C@H]4[C@H](C)CC[C@@H]1[C@@]24OO3. The van der Waals surface area contributed by atoms with E-state index in [1.165, 1.54) is 0 Å². The molecular weight excluding hydrogens is 504 g/mol. The largest absolute Gasteiger partial charge is 0.465 e. The number of aromatic nitrogens is 2. The number of nitrogens with zero attached hydrogens (tertiary/aromatic N) is 1. The van der Waals surface area contributed by atoms with Crippen LogP contribution in [0, 0.1) is 23.7 Å². The molecule has 5 heterocycles. The van der Waals surface area contributed by atoms with Gasteiger partial charge in [0.15, 0.2) is 11.9 Å². The zero-order chi connectivity index (χ0) is 26.1. The number of nitrogens with one attached hydrogen (secondary N) is 1. The molecule has 5 aliphatic rings. The number of rotatable bonds is 4. The summed E-state index contributed by atoms with van der Waals surface area (Å²) in [5.74, 6) is 1.17. The molecule has 8 rings (SSSR count). The van der Waals surface area contributed by atoms with Gasteiger partial charge in [-0.25, -0.2) is 9.78 Å². The molecule has 0 amide bonds. The van der Waals surface area contributed by atoms with Gasteiger partial charge in [0, 0.05) is 28.8 Å². The maximum Gasteiger partial charge on any atom is 0.205 e. The Kier molecular flexibility index (Phi) is 5.87.